The molecule has 3 amide bonds. The van der Waals surface area contributed by atoms with E-state index in [4.69, 9.17) is 9.84 Å². The average Bonchev–Trinajstić information content (AvgIpc) is 3.66. The SMILES string of the molecule is C=C1C[C@@H](C#N)N(C(=O)c2nn(C3CCOCC3)c3c2[C@H](c2ccc(F)cc2)[C@H](NC(=O)c2cccc(C(F)(F)F)c2)C(=O)N3CC)C1. The van der Waals surface area contributed by atoms with Crippen LogP contribution in [0.25, 0.3) is 0 Å². The Morgan fingerprint density at radius 3 is 2.50 bits per heavy atom. The maximum atomic E-state index is 14.4. The number of rotatable bonds is 6. The van der Waals surface area contributed by atoms with Crippen LogP contribution in [-0.4, -0.2) is 70.8 Å². The van der Waals surface area contributed by atoms with Crippen LogP contribution in [0.15, 0.2) is 60.7 Å². The molecule has 3 atom stereocenters. The van der Waals surface area contributed by atoms with Crippen molar-refractivity contribution in [1.82, 2.24) is 20.0 Å². The first-order chi connectivity index (χ1) is 22.9. The van der Waals surface area contributed by atoms with Crippen molar-refractivity contribution in [1.29, 1.82) is 5.26 Å². The first kappa shape index (κ1) is 32.9. The van der Waals surface area contributed by atoms with Crippen LogP contribution >= 0.6 is 0 Å². The lowest BCUT2D eigenvalue weighted by Crippen LogP contribution is -2.56. The summed E-state index contributed by atoms with van der Waals surface area (Å²) in [5, 5.41) is 17.3. The second-order valence-electron chi connectivity index (χ2n) is 12.0. The summed E-state index contributed by atoms with van der Waals surface area (Å²) >= 11 is 0. The number of hydrogen-bond donors (Lipinski definition) is 1. The first-order valence-corrected chi connectivity index (χ1v) is 15.5. The van der Waals surface area contributed by atoms with Gasteiger partial charge in [0.05, 0.1) is 17.7 Å². The molecule has 0 bridgehead atoms. The Balaban J connectivity index is 1.54. The molecule has 4 heterocycles. The summed E-state index contributed by atoms with van der Waals surface area (Å²) in [6, 6.07) is 8.68. The number of aromatic nitrogens is 2. The Morgan fingerprint density at radius 1 is 1.15 bits per heavy atom. The third-order valence-electron chi connectivity index (χ3n) is 9.04. The van der Waals surface area contributed by atoms with Crippen molar-refractivity contribution in [2.24, 2.45) is 0 Å². The number of nitrogens with one attached hydrogen (secondary N) is 1. The third kappa shape index (κ3) is 5.94. The Kier molecular flexibility index (Phi) is 8.82. The van der Waals surface area contributed by atoms with Crippen LogP contribution in [0.3, 0.4) is 0 Å². The number of alkyl halides is 3. The van der Waals surface area contributed by atoms with Gasteiger partial charge in [-0.3, -0.25) is 19.3 Å². The topological polar surface area (TPSA) is 121 Å². The smallest absolute Gasteiger partial charge is 0.381 e. The zero-order valence-corrected chi connectivity index (χ0v) is 26.0. The minimum atomic E-state index is -4.71. The number of likely N-dealkylation sites (N-methyl/N-ethyl adjacent to an activating group) is 1. The van der Waals surface area contributed by atoms with Gasteiger partial charge in [-0.15, -0.1) is 0 Å². The van der Waals surface area contributed by atoms with Crippen LogP contribution < -0.4 is 10.2 Å². The molecular weight excluding hydrogens is 632 g/mol. The highest BCUT2D eigenvalue weighted by Gasteiger charge is 2.49. The lowest BCUT2D eigenvalue weighted by molar-refractivity contribution is -0.137. The van der Waals surface area contributed by atoms with E-state index in [0.29, 0.717) is 49.1 Å². The Labute approximate surface area is 273 Å². The number of fused-ring (bicyclic) bond motifs is 1. The number of anilines is 1. The van der Waals surface area contributed by atoms with Crippen molar-refractivity contribution >= 4 is 23.5 Å². The summed E-state index contributed by atoms with van der Waals surface area (Å²) in [4.78, 5) is 45.2. The minimum Gasteiger partial charge on any atom is -0.381 e. The second-order valence-corrected chi connectivity index (χ2v) is 12.0. The first-order valence-electron chi connectivity index (χ1n) is 15.5. The molecule has 10 nitrogen and oxygen atoms in total. The predicted octanol–water partition coefficient (Wildman–Crippen LogP) is 4.98. The average molecular weight is 665 g/mol. The fourth-order valence-corrected chi connectivity index (χ4v) is 6.72. The van der Waals surface area contributed by atoms with Crippen molar-refractivity contribution in [3.8, 4) is 6.07 Å². The van der Waals surface area contributed by atoms with Crippen molar-refractivity contribution in [2.45, 2.75) is 56.4 Å². The molecule has 0 radical (unpaired) electrons. The molecular formula is C34H32F4N6O4. The highest BCUT2D eigenvalue weighted by Crippen LogP contribution is 2.45. The monoisotopic (exact) mass is 664 g/mol. The van der Waals surface area contributed by atoms with E-state index in [0.717, 1.165) is 12.1 Å². The van der Waals surface area contributed by atoms with Gasteiger partial charge in [0.2, 0.25) is 0 Å². The summed E-state index contributed by atoms with van der Waals surface area (Å²) < 4.78 is 61.9. The molecule has 14 heteroatoms. The quantitative estimate of drug-likeness (QED) is 0.293. The lowest BCUT2D eigenvalue weighted by Gasteiger charge is -2.39. The van der Waals surface area contributed by atoms with Gasteiger partial charge in [-0.05, 0) is 55.7 Å². The van der Waals surface area contributed by atoms with Gasteiger partial charge in [0.25, 0.3) is 17.7 Å². The van der Waals surface area contributed by atoms with Crippen molar-refractivity contribution < 1.29 is 36.7 Å². The molecule has 0 aliphatic carbocycles. The largest absolute Gasteiger partial charge is 0.416 e. The van der Waals surface area contributed by atoms with Crippen LogP contribution in [0.5, 0.6) is 0 Å². The number of ether oxygens (including phenoxy) is 1. The van der Waals surface area contributed by atoms with E-state index in [2.05, 4.69) is 18.0 Å². The van der Waals surface area contributed by atoms with Crippen molar-refractivity contribution in [3.63, 3.8) is 0 Å². The molecule has 0 unspecified atom stereocenters. The van der Waals surface area contributed by atoms with Crippen LogP contribution in [0.1, 0.15) is 75.7 Å². The number of benzene rings is 2. The van der Waals surface area contributed by atoms with E-state index >= 15 is 0 Å². The number of likely N-dealkylation sites (tertiary alicyclic amines) is 1. The Hall–Kier alpha value is -5.03. The number of carbonyl (C=O) groups is 3. The number of carbonyl (C=O) groups excluding carboxylic acids is 3. The molecule has 2 fully saturated rings. The zero-order chi connectivity index (χ0) is 34.3. The molecule has 250 valence electrons. The second kappa shape index (κ2) is 12.9. The van der Waals surface area contributed by atoms with E-state index < -0.39 is 53.3 Å². The standard InChI is InChI=1S/C34H32F4N6O4/c1-3-42-31-27(29(41-44(31)24-11-13-48-14-12-24)33(47)43-18-19(2)15-25(43)17-39)26(20-7-9-23(35)10-8-20)28(32(42)46)40-30(45)21-5-4-6-22(16-21)34(36,37)38/h4-10,16,24-26,28H,2-3,11-15,18H2,1H3,(H,40,45)/t25-,26-,28-/m0/s1. The summed E-state index contributed by atoms with van der Waals surface area (Å²) in [5.41, 5.74) is -0.0970. The summed E-state index contributed by atoms with van der Waals surface area (Å²) in [6.07, 6.45) is -3.36. The maximum absolute atomic E-state index is 14.4. The normalized spacial score (nSPS) is 21.6. The molecule has 48 heavy (non-hydrogen) atoms. The highest BCUT2D eigenvalue weighted by atomic mass is 19.4. The molecule has 2 saturated heterocycles. The van der Waals surface area contributed by atoms with Crippen molar-refractivity contribution in [3.05, 3.63) is 94.4 Å². The van der Waals surface area contributed by atoms with Gasteiger partial charge < -0.3 is 15.0 Å². The van der Waals surface area contributed by atoms with E-state index in [-0.39, 0.29) is 42.4 Å². The van der Waals surface area contributed by atoms with Crippen LogP contribution in [-0.2, 0) is 15.7 Å². The number of amides is 3. The number of hydrogen-bond acceptors (Lipinski definition) is 6. The van der Waals surface area contributed by atoms with Gasteiger partial charge in [-0.1, -0.05) is 30.4 Å². The molecule has 3 aliphatic heterocycles. The van der Waals surface area contributed by atoms with E-state index in [9.17, 15) is 37.2 Å². The van der Waals surface area contributed by atoms with Gasteiger partial charge in [0.15, 0.2) is 5.69 Å². The number of halogens is 4. The van der Waals surface area contributed by atoms with Gasteiger partial charge in [0.1, 0.15) is 23.7 Å². The fourth-order valence-electron chi connectivity index (χ4n) is 6.72. The minimum absolute atomic E-state index is 0.0509. The summed E-state index contributed by atoms with van der Waals surface area (Å²) in [6.45, 7) is 6.72. The Morgan fingerprint density at radius 2 is 1.85 bits per heavy atom. The lowest BCUT2D eigenvalue weighted by atomic mass is 9.80. The number of nitriles is 1. The molecule has 3 aromatic rings. The molecule has 1 aromatic heterocycles. The van der Waals surface area contributed by atoms with Crippen LogP contribution in [0.2, 0.25) is 0 Å². The highest BCUT2D eigenvalue weighted by molar-refractivity contribution is 6.07. The molecule has 0 saturated carbocycles. The van der Waals surface area contributed by atoms with Gasteiger partial charge in [-0.25, -0.2) is 9.07 Å². The third-order valence-corrected chi connectivity index (χ3v) is 9.04. The molecule has 0 spiro atoms. The van der Waals surface area contributed by atoms with E-state index in [1.54, 1.807) is 11.6 Å². The molecule has 1 N–H and O–H groups in total. The Bertz CT molecular complexity index is 1810. The number of nitrogens with zero attached hydrogens (tertiary/aromatic N) is 5. The van der Waals surface area contributed by atoms with Crippen molar-refractivity contribution in [2.75, 3.05) is 31.2 Å². The predicted molar refractivity (Wildman–Crippen MR) is 164 cm³/mol. The molecule has 2 aromatic carbocycles. The zero-order valence-electron chi connectivity index (χ0n) is 26.0. The van der Waals surface area contributed by atoms with Crippen LogP contribution in [0.4, 0.5) is 23.4 Å². The van der Waals surface area contributed by atoms with E-state index in [1.807, 2.05) is 0 Å². The maximum Gasteiger partial charge on any atom is 0.416 e. The van der Waals surface area contributed by atoms with Crippen LogP contribution in [0, 0.1) is 17.1 Å². The van der Waals surface area contributed by atoms with Gasteiger partial charge >= 0.3 is 6.18 Å². The molecule has 3 aliphatic rings. The van der Waals surface area contributed by atoms with E-state index in [1.165, 1.54) is 40.1 Å². The summed E-state index contributed by atoms with van der Waals surface area (Å²) in [5.74, 6) is -3.47. The molecule has 6 rings (SSSR count). The van der Waals surface area contributed by atoms with Gasteiger partial charge in [-0.2, -0.15) is 23.5 Å². The van der Waals surface area contributed by atoms with Gasteiger partial charge in [0, 0.05) is 49.8 Å². The summed E-state index contributed by atoms with van der Waals surface area (Å²) in [7, 11) is 0. The fraction of sp³-hybridized carbons (Fsp3) is 0.382.